The molecule has 35 heavy (non-hydrogen) atoms. The fourth-order valence-corrected chi connectivity index (χ4v) is 5.26. The summed E-state index contributed by atoms with van der Waals surface area (Å²) in [4.78, 5) is 28.8. The number of para-hydroxylation sites is 1. The van der Waals surface area contributed by atoms with Crippen molar-refractivity contribution in [2.24, 2.45) is 0 Å². The molecule has 1 aliphatic heterocycles. The number of carbonyl (C=O) groups excluding carboxylic acids is 2. The average Bonchev–Trinajstić information content (AvgIpc) is 2.88. The molecule has 0 fully saturated rings. The molecule has 0 aliphatic carbocycles. The molecule has 182 valence electrons. The van der Waals surface area contributed by atoms with Crippen molar-refractivity contribution in [3.05, 3.63) is 89.5 Å². The zero-order chi connectivity index (χ0) is 25.0. The van der Waals surface area contributed by atoms with Gasteiger partial charge in [-0.2, -0.15) is 0 Å². The zero-order valence-electron chi connectivity index (χ0n) is 20.5. The second-order valence-electron chi connectivity index (χ2n) is 9.39. The summed E-state index contributed by atoms with van der Waals surface area (Å²) < 4.78 is 11.9. The molecule has 4 rings (SSSR count). The smallest absolute Gasteiger partial charge is 0.237 e. The van der Waals surface area contributed by atoms with E-state index in [1.807, 2.05) is 92.4 Å². The summed E-state index contributed by atoms with van der Waals surface area (Å²) in [5.74, 6) is 0.528. The number of hydrogen-bond acceptors (Lipinski definition) is 3. The number of benzene rings is 3. The van der Waals surface area contributed by atoms with Crippen LogP contribution in [0.5, 0.6) is 0 Å². The second kappa shape index (κ2) is 10.6. The van der Waals surface area contributed by atoms with E-state index in [9.17, 15) is 13.8 Å². The maximum atomic E-state index is 13.6. The van der Waals surface area contributed by atoms with E-state index in [4.69, 9.17) is 0 Å². The first-order valence-corrected chi connectivity index (χ1v) is 13.4. The lowest BCUT2D eigenvalue weighted by Gasteiger charge is -2.36. The molecule has 1 unspecified atom stereocenters. The van der Waals surface area contributed by atoms with Gasteiger partial charge in [0, 0.05) is 28.6 Å². The third kappa shape index (κ3) is 5.54. The van der Waals surface area contributed by atoms with Gasteiger partial charge in [0.05, 0.1) is 22.6 Å². The van der Waals surface area contributed by atoms with Gasteiger partial charge in [-0.25, -0.2) is 0 Å². The number of nitrogens with zero attached hydrogens (tertiary/aromatic N) is 1. The zero-order valence-corrected chi connectivity index (χ0v) is 21.4. The van der Waals surface area contributed by atoms with Crippen LogP contribution in [0, 0.1) is 0 Å². The molecule has 0 saturated carbocycles. The predicted octanol–water partition coefficient (Wildman–Crippen LogP) is 5.25. The highest BCUT2D eigenvalue weighted by Crippen LogP contribution is 2.33. The van der Waals surface area contributed by atoms with Gasteiger partial charge in [0.2, 0.25) is 11.8 Å². The van der Waals surface area contributed by atoms with Gasteiger partial charge >= 0.3 is 0 Å². The van der Waals surface area contributed by atoms with Gasteiger partial charge in [-0.1, -0.05) is 49.4 Å². The molecule has 0 spiro atoms. The van der Waals surface area contributed by atoms with Crippen molar-refractivity contribution in [3.8, 4) is 0 Å². The lowest BCUT2D eigenvalue weighted by Crippen LogP contribution is -2.45. The Morgan fingerprint density at radius 3 is 2.34 bits per heavy atom. The van der Waals surface area contributed by atoms with E-state index in [0.717, 1.165) is 41.1 Å². The van der Waals surface area contributed by atoms with Crippen molar-refractivity contribution in [2.45, 2.75) is 50.3 Å². The summed E-state index contributed by atoms with van der Waals surface area (Å²) in [6.07, 6.45) is 2.19. The fourth-order valence-electron chi connectivity index (χ4n) is 4.49. The van der Waals surface area contributed by atoms with Crippen LogP contribution in [0.4, 0.5) is 11.4 Å². The molecule has 1 atom stereocenters. The number of nitrogens with one attached hydrogen (secondary N) is 1. The van der Waals surface area contributed by atoms with E-state index < -0.39 is 16.2 Å². The van der Waals surface area contributed by atoms with E-state index in [2.05, 4.69) is 11.4 Å². The highest BCUT2D eigenvalue weighted by Gasteiger charge is 2.36. The number of anilines is 2. The lowest BCUT2D eigenvalue weighted by atomic mass is 9.82. The van der Waals surface area contributed by atoms with Crippen molar-refractivity contribution < 1.29 is 13.8 Å². The minimum atomic E-state index is -0.996. The molecule has 5 nitrogen and oxygen atoms in total. The Hall–Kier alpha value is -3.25. The van der Waals surface area contributed by atoms with Gasteiger partial charge in [0.25, 0.3) is 0 Å². The summed E-state index contributed by atoms with van der Waals surface area (Å²) >= 11 is 0. The third-order valence-electron chi connectivity index (χ3n) is 6.59. The number of carbonyl (C=O) groups is 2. The number of fused-ring (bicyclic) bond motifs is 1. The first-order valence-electron chi connectivity index (χ1n) is 12.1. The third-order valence-corrected chi connectivity index (χ3v) is 7.92. The van der Waals surface area contributed by atoms with Crippen LogP contribution >= 0.6 is 0 Å². The summed E-state index contributed by atoms with van der Waals surface area (Å²) in [6.45, 7) is 6.51. The van der Waals surface area contributed by atoms with Crippen LogP contribution < -0.4 is 10.2 Å². The molecule has 1 N–H and O–H groups in total. The molecular formula is C29H32N2O3S. The van der Waals surface area contributed by atoms with Crippen LogP contribution in [0.25, 0.3) is 0 Å². The monoisotopic (exact) mass is 488 g/mol. The van der Waals surface area contributed by atoms with Crippen LogP contribution in [0.15, 0.2) is 77.7 Å². The molecule has 1 heterocycles. The number of amides is 2. The van der Waals surface area contributed by atoms with Crippen molar-refractivity contribution in [1.29, 1.82) is 0 Å². The van der Waals surface area contributed by atoms with Gasteiger partial charge in [-0.05, 0) is 73.7 Å². The molecule has 6 heteroatoms. The Kier molecular flexibility index (Phi) is 7.51. The Bertz CT molecular complexity index is 1230. The van der Waals surface area contributed by atoms with Crippen LogP contribution in [0.2, 0.25) is 0 Å². The van der Waals surface area contributed by atoms with Crippen LogP contribution in [-0.4, -0.2) is 28.3 Å². The molecule has 0 radical (unpaired) electrons. The highest BCUT2D eigenvalue weighted by atomic mass is 32.2. The SMILES string of the molecule is CCS(=O)c1ccc(CC(=O)Nc2ccc(C(C)(C)C(=O)N3CCCc4ccccc43)cc2)cc1. The highest BCUT2D eigenvalue weighted by molar-refractivity contribution is 7.85. The Morgan fingerprint density at radius 1 is 0.971 bits per heavy atom. The summed E-state index contributed by atoms with van der Waals surface area (Å²) in [7, 11) is -0.996. The van der Waals surface area contributed by atoms with Gasteiger partial charge in [0.1, 0.15) is 0 Å². The van der Waals surface area contributed by atoms with Crippen molar-refractivity contribution >= 4 is 34.0 Å². The molecular weight excluding hydrogens is 456 g/mol. The van der Waals surface area contributed by atoms with E-state index in [-0.39, 0.29) is 18.2 Å². The minimum Gasteiger partial charge on any atom is -0.326 e. The maximum Gasteiger partial charge on any atom is 0.237 e. The van der Waals surface area contributed by atoms with E-state index in [1.165, 1.54) is 5.56 Å². The molecule has 0 aromatic heterocycles. The Morgan fingerprint density at radius 2 is 1.66 bits per heavy atom. The van der Waals surface area contributed by atoms with Gasteiger partial charge < -0.3 is 10.2 Å². The van der Waals surface area contributed by atoms with Crippen LogP contribution in [0.3, 0.4) is 0 Å². The molecule has 0 bridgehead atoms. The predicted molar refractivity (Wildman–Crippen MR) is 142 cm³/mol. The van der Waals surface area contributed by atoms with Crippen molar-refractivity contribution in [3.63, 3.8) is 0 Å². The quantitative estimate of drug-likeness (QED) is 0.494. The Labute approximate surface area is 210 Å². The average molecular weight is 489 g/mol. The van der Waals surface area contributed by atoms with E-state index in [0.29, 0.717) is 11.4 Å². The topological polar surface area (TPSA) is 66.5 Å². The summed E-state index contributed by atoms with van der Waals surface area (Å²) in [5, 5.41) is 2.93. The number of hydrogen-bond donors (Lipinski definition) is 1. The standard InChI is InChI=1S/C29H32N2O3S/c1-4-35(34)25-17-11-21(12-18-25)20-27(32)30-24-15-13-23(14-16-24)29(2,3)28(33)31-19-7-9-22-8-5-6-10-26(22)31/h5-6,8,10-18H,4,7,9,19-20H2,1-3H3,(H,30,32). The van der Waals surface area contributed by atoms with Crippen molar-refractivity contribution in [1.82, 2.24) is 0 Å². The maximum absolute atomic E-state index is 13.6. The van der Waals surface area contributed by atoms with Crippen LogP contribution in [-0.2, 0) is 38.6 Å². The van der Waals surface area contributed by atoms with Gasteiger partial charge in [-0.15, -0.1) is 0 Å². The second-order valence-corrected chi connectivity index (χ2v) is 11.1. The number of rotatable bonds is 7. The molecule has 0 saturated heterocycles. The van der Waals surface area contributed by atoms with Gasteiger partial charge in [-0.3, -0.25) is 13.8 Å². The first kappa shape index (κ1) is 24.9. The van der Waals surface area contributed by atoms with E-state index in [1.54, 1.807) is 0 Å². The number of aryl methyl sites for hydroxylation is 1. The molecule has 2 amide bonds. The van der Waals surface area contributed by atoms with Crippen LogP contribution in [0.1, 0.15) is 43.9 Å². The largest absolute Gasteiger partial charge is 0.326 e. The van der Waals surface area contributed by atoms with E-state index >= 15 is 0 Å². The summed E-state index contributed by atoms with van der Waals surface area (Å²) in [5.41, 5.74) is 3.98. The Balaban J connectivity index is 1.41. The van der Waals surface area contributed by atoms with Gasteiger partial charge in [0.15, 0.2) is 0 Å². The van der Waals surface area contributed by atoms with Crippen molar-refractivity contribution in [2.75, 3.05) is 22.5 Å². The minimum absolute atomic E-state index is 0.0777. The first-order chi connectivity index (χ1) is 16.8. The molecule has 1 aliphatic rings. The normalized spacial score (nSPS) is 14.2. The molecule has 3 aromatic carbocycles. The fraction of sp³-hybridized carbons (Fsp3) is 0.310. The summed E-state index contributed by atoms with van der Waals surface area (Å²) in [6, 6.07) is 23.0. The lowest BCUT2D eigenvalue weighted by molar-refractivity contribution is -0.123. The molecule has 3 aromatic rings.